The highest BCUT2D eigenvalue weighted by Crippen LogP contribution is 2.24. The number of carbonyl (C=O) groups excluding carboxylic acids is 1. The van der Waals surface area contributed by atoms with Crippen molar-refractivity contribution in [3.63, 3.8) is 0 Å². The lowest BCUT2D eigenvalue weighted by Gasteiger charge is -2.22. The molecule has 0 aliphatic carbocycles. The highest BCUT2D eigenvalue weighted by Gasteiger charge is 2.21. The molecule has 5 rings (SSSR count). The Labute approximate surface area is 185 Å². The smallest absolute Gasteiger partial charge is 0.227 e. The molecule has 0 saturated carbocycles. The number of fused-ring (bicyclic) bond motifs is 1. The molecular formula is C24H24ClN5O. The van der Waals surface area contributed by atoms with E-state index in [0.717, 1.165) is 59.6 Å². The maximum atomic E-state index is 13.0. The van der Waals surface area contributed by atoms with E-state index in [1.165, 1.54) is 0 Å². The molecule has 4 aromatic rings. The number of benzene rings is 2. The van der Waals surface area contributed by atoms with Gasteiger partial charge in [-0.15, -0.1) is 0 Å². The number of rotatable bonds is 4. The highest BCUT2D eigenvalue weighted by molar-refractivity contribution is 6.30. The summed E-state index contributed by atoms with van der Waals surface area (Å²) in [5.41, 5.74) is 4.14. The predicted molar refractivity (Wildman–Crippen MR) is 124 cm³/mol. The minimum atomic E-state index is 0.176. The van der Waals surface area contributed by atoms with E-state index in [9.17, 15) is 4.79 Å². The molecule has 1 fully saturated rings. The summed E-state index contributed by atoms with van der Waals surface area (Å²) in [6.45, 7) is 3.11. The second kappa shape index (κ2) is 8.47. The maximum absolute atomic E-state index is 13.0. The van der Waals surface area contributed by atoms with E-state index in [4.69, 9.17) is 11.6 Å². The van der Waals surface area contributed by atoms with Crippen LogP contribution in [0.15, 0.2) is 60.8 Å². The van der Waals surface area contributed by atoms with E-state index in [1.54, 1.807) is 0 Å². The zero-order valence-electron chi connectivity index (χ0n) is 17.1. The van der Waals surface area contributed by atoms with Gasteiger partial charge in [-0.05, 0) is 35.7 Å². The summed E-state index contributed by atoms with van der Waals surface area (Å²) in [5.74, 6) is 1.09. The first-order valence-corrected chi connectivity index (χ1v) is 10.9. The van der Waals surface area contributed by atoms with Gasteiger partial charge in [0.05, 0.1) is 12.1 Å². The average molecular weight is 434 g/mol. The van der Waals surface area contributed by atoms with Crippen LogP contribution in [0.25, 0.3) is 22.2 Å². The van der Waals surface area contributed by atoms with Gasteiger partial charge in [-0.1, -0.05) is 41.9 Å². The Morgan fingerprint density at radius 1 is 1.03 bits per heavy atom. The summed E-state index contributed by atoms with van der Waals surface area (Å²) in [6, 6.07) is 17.9. The summed E-state index contributed by atoms with van der Waals surface area (Å²) < 4.78 is 0. The summed E-state index contributed by atoms with van der Waals surface area (Å²) >= 11 is 5.99. The molecule has 158 valence electrons. The van der Waals surface area contributed by atoms with Crippen LogP contribution in [0.2, 0.25) is 5.02 Å². The molecule has 31 heavy (non-hydrogen) atoms. The fourth-order valence-corrected chi connectivity index (χ4v) is 4.33. The van der Waals surface area contributed by atoms with E-state index < -0.39 is 0 Å². The Morgan fingerprint density at radius 2 is 1.87 bits per heavy atom. The molecule has 1 aliphatic rings. The van der Waals surface area contributed by atoms with Crippen LogP contribution in [0.4, 0.5) is 5.82 Å². The lowest BCUT2D eigenvalue weighted by Crippen LogP contribution is -2.36. The van der Waals surface area contributed by atoms with Crippen molar-refractivity contribution < 1.29 is 4.79 Å². The van der Waals surface area contributed by atoms with Crippen LogP contribution in [0.5, 0.6) is 0 Å². The molecule has 1 saturated heterocycles. The van der Waals surface area contributed by atoms with Crippen molar-refractivity contribution in [1.82, 2.24) is 20.1 Å². The van der Waals surface area contributed by atoms with E-state index >= 15 is 0 Å². The lowest BCUT2D eigenvalue weighted by molar-refractivity contribution is -0.130. The maximum Gasteiger partial charge on any atom is 0.227 e. The van der Waals surface area contributed by atoms with Crippen LogP contribution >= 0.6 is 11.6 Å². The first kappa shape index (κ1) is 19.7. The van der Waals surface area contributed by atoms with Crippen molar-refractivity contribution >= 4 is 34.2 Å². The number of nitrogens with one attached hydrogen (secondary N) is 2. The Balaban J connectivity index is 1.24. The van der Waals surface area contributed by atoms with Crippen molar-refractivity contribution in [2.24, 2.45) is 0 Å². The standard InChI is InChI=1S/C24H24ClN5O/c25-19-8-6-17(7-9-19)22-15-23(28-27-22)29-10-3-11-30(13-12-29)24(31)14-18-16-26-21-5-2-1-4-20(18)21/h1-2,4-9,15-16,26H,3,10-14H2,(H,27,28). The van der Waals surface area contributed by atoms with Gasteiger partial charge in [-0.25, -0.2) is 0 Å². The van der Waals surface area contributed by atoms with Crippen molar-refractivity contribution in [2.45, 2.75) is 12.8 Å². The fourth-order valence-electron chi connectivity index (χ4n) is 4.20. The van der Waals surface area contributed by atoms with Gasteiger partial charge in [-0.2, -0.15) is 5.10 Å². The predicted octanol–water partition coefficient (Wildman–Crippen LogP) is 4.49. The molecule has 1 aliphatic heterocycles. The number of aromatic nitrogens is 3. The molecular weight excluding hydrogens is 410 g/mol. The third-order valence-electron chi connectivity index (χ3n) is 5.91. The van der Waals surface area contributed by atoms with Gasteiger partial charge < -0.3 is 14.8 Å². The third-order valence-corrected chi connectivity index (χ3v) is 6.16. The first-order valence-electron chi connectivity index (χ1n) is 10.6. The third kappa shape index (κ3) is 4.16. The first-order chi connectivity index (χ1) is 15.2. The second-order valence-corrected chi connectivity index (χ2v) is 8.34. The summed E-state index contributed by atoms with van der Waals surface area (Å²) in [4.78, 5) is 20.5. The van der Waals surface area contributed by atoms with Crippen molar-refractivity contribution in [3.05, 3.63) is 71.4 Å². The SMILES string of the molecule is O=C(Cc1c[nH]c2ccccc12)N1CCCN(c2cc(-c3ccc(Cl)cc3)[nH]n2)CC1. The number of H-pyrrole nitrogens is 2. The van der Waals surface area contributed by atoms with Crippen LogP contribution in [0, 0.1) is 0 Å². The van der Waals surface area contributed by atoms with Gasteiger partial charge in [0.1, 0.15) is 0 Å². The van der Waals surface area contributed by atoms with Crippen LogP contribution in [-0.2, 0) is 11.2 Å². The molecule has 0 spiro atoms. The quantitative estimate of drug-likeness (QED) is 0.498. The van der Waals surface area contributed by atoms with E-state index in [1.807, 2.05) is 53.6 Å². The second-order valence-electron chi connectivity index (χ2n) is 7.90. The molecule has 2 aromatic heterocycles. The van der Waals surface area contributed by atoms with Crippen molar-refractivity contribution in [3.8, 4) is 11.3 Å². The normalized spacial score (nSPS) is 14.7. The number of para-hydroxylation sites is 1. The van der Waals surface area contributed by atoms with E-state index in [2.05, 4.69) is 32.2 Å². The van der Waals surface area contributed by atoms with Crippen LogP contribution in [0.3, 0.4) is 0 Å². The molecule has 0 atom stereocenters. The summed E-state index contributed by atoms with van der Waals surface area (Å²) in [7, 11) is 0. The number of amides is 1. The monoisotopic (exact) mass is 433 g/mol. The number of halogens is 1. The van der Waals surface area contributed by atoms with Crippen molar-refractivity contribution in [1.29, 1.82) is 0 Å². The Bertz CT molecular complexity index is 1200. The number of hydrogen-bond acceptors (Lipinski definition) is 3. The Kier molecular flexibility index (Phi) is 5.38. The Hall–Kier alpha value is -3.25. The van der Waals surface area contributed by atoms with Gasteiger partial charge >= 0.3 is 0 Å². The van der Waals surface area contributed by atoms with Crippen LogP contribution < -0.4 is 4.90 Å². The van der Waals surface area contributed by atoms with E-state index in [-0.39, 0.29) is 5.91 Å². The molecule has 7 heteroatoms. The minimum Gasteiger partial charge on any atom is -0.361 e. The Morgan fingerprint density at radius 3 is 2.74 bits per heavy atom. The van der Waals surface area contributed by atoms with Crippen molar-refractivity contribution in [2.75, 3.05) is 31.1 Å². The topological polar surface area (TPSA) is 68.0 Å². The molecule has 3 heterocycles. The molecule has 0 unspecified atom stereocenters. The van der Waals surface area contributed by atoms with Gasteiger partial charge in [0, 0.05) is 54.4 Å². The van der Waals surface area contributed by atoms with Gasteiger partial charge in [0.2, 0.25) is 5.91 Å². The van der Waals surface area contributed by atoms with Gasteiger partial charge in [0.15, 0.2) is 5.82 Å². The number of hydrogen-bond donors (Lipinski definition) is 2. The molecule has 1 amide bonds. The zero-order chi connectivity index (χ0) is 21.2. The van der Waals surface area contributed by atoms with E-state index in [0.29, 0.717) is 18.0 Å². The zero-order valence-corrected chi connectivity index (χ0v) is 17.9. The fraction of sp³-hybridized carbons (Fsp3) is 0.250. The molecule has 0 bridgehead atoms. The highest BCUT2D eigenvalue weighted by atomic mass is 35.5. The molecule has 0 radical (unpaired) electrons. The van der Waals surface area contributed by atoms with Gasteiger partial charge in [0.25, 0.3) is 0 Å². The summed E-state index contributed by atoms with van der Waals surface area (Å²) in [5, 5.41) is 9.47. The largest absolute Gasteiger partial charge is 0.361 e. The van der Waals surface area contributed by atoms with Crippen LogP contribution in [0.1, 0.15) is 12.0 Å². The van der Waals surface area contributed by atoms with Crippen LogP contribution in [-0.4, -0.2) is 52.2 Å². The number of anilines is 1. The number of nitrogens with zero attached hydrogens (tertiary/aromatic N) is 3. The average Bonchev–Trinajstić information content (AvgIpc) is 3.36. The number of carbonyl (C=O) groups is 1. The lowest BCUT2D eigenvalue weighted by atomic mass is 10.1. The molecule has 2 N–H and O–H groups in total. The number of aromatic amines is 2. The summed E-state index contributed by atoms with van der Waals surface area (Å²) in [6.07, 6.45) is 3.30. The molecule has 2 aromatic carbocycles. The van der Waals surface area contributed by atoms with Gasteiger partial charge in [-0.3, -0.25) is 9.89 Å². The minimum absolute atomic E-state index is 0.176. The molecule has 6 nitrogen and oxygen atoms in total.